The molecule has 2 rings (SSSR count). The Morgan fingerprint density at radius 3 is 2.72 bits per heavy atom. The highest BCUT2D eigenvalue weighted by Gasteiger charge is 2.11. The quantitative estimate of drug-likeness (QED) is 0.776. The van der Waals surface area contributed by atoms with Gasteiger partial charge in [-0.25, -0.2) is 0 Å². The van der Waals surface area contributed by atoms with Crippen LogP contribution in [0.25, 0.3) is 0 Å². The van der Waals surface area contributed by atoms with Gasteiger partial charge in [-0.05, 0) is 46.9 Å². The summed E-state index contributed by atoms with van der Waals surface area (Å²) in [6.45, 7) is 0. The number of pyridine rings is 1. The molecule has 1 N–H and O–H groups in total. The predicted molar refractivity (Wildman–Crippen MR) is 81.4 cm³/mol. The highest BCUT2D eigenvalue weighted by molar-refractivity contribution is 14.1. The van der Waals surface area contributed by atoms with Gasteiger partial charge in [-0.1, -0.05) is 23.2 Å². The van der Waals surface area contributed by atoms with E-state index in [0.717, 1.165) is 3.57 Å². The normalized spacial score (nSPS) is 10.2. The van der Waals surface area contributed by atoms with Gasteiger partial charge < -0.3 is 5.32 Å². The number of nitrogens with one attached hydrogen (secondary N) is 1. The third kappa shape index (κ3) is 3.13. The average Bonchev–Trinajstić information content (AvgIpc) is 2.33. The van der Waals surface area contributed by atoms with Crippen LogP contribution in [0.1, 0.15) is 10.4 Å². The van der Waals surface area contributed by atoms with E-state index in [2.05, 4.69) is 32.9 Å². The van der Waals surface area contributed by atoms with Gasteiger partial charge in [0.2, 0.25) is 0 Å². The fourth-order valence-corrected chi connectivity index (χ4v) is 2.55. The topological polar surface area (TPSA) is 42.0 Å². The molecule has 0 spiro atoms. The highest BCUT2D eigenvalue weighted by atomic mass is 127. The molecule has 2 aromatic rings. The molecule has 0 aliphatic carbocycles. The number of carbonyl (C=O) groups excluding carboxylic acids is 1. The molecule has 0 fully saturated rings. The molecular weight excluding hydrogens is 386 g/mol. The van der Waals surface area contributed by atoms with E-state index < -0.39 is 0 Å². The van der Waals surface area contributed by atoms with Crippen LogP contribution in [0.3, 0.4) is 0 Å². The second-order valence-electron chi connectivity index (χ2n) is 3.43. The Hall–Kier alpha value is -0.850. The molecule has 18 heavy (non-hydrogen) atoms. The summed E-state index contributed by atoms with van der Waals surface area (Å²) in [5.41, 5.74) is 1.08. The van der Waals surface area contributed by atoms with Crippen molar-refractivity contribution < 1.29 is 4.79 Å². The van der Waals surface area contributed by atoms with Gasteiger partial charge in [-0.15, -0.1) is 0 Å². The van der Waals surface area contributed by atoms with Crippen LogP contribution < -0.4 is 5.32 Å². The molecule has 1 aromatic carbocycles. The summed E-state index contributed by atoms with van der Waals surface area (Å²) in [5, 5.41) is 3.72. The van der Waals surface area contributed by atoms with Crippen molar-refractivity contribution >= 4 is 57.4 Å². The summed E-state index contributed by atoms with van der Waals surface area (Å²) in [6, 6.07) is 6.80. The molecule has 0 saturated carbocycles. The molecule has 92 valence electrons. The number of halogens is 3. The summed E-state index contributed by atoms with van der Waals surface area (Å²) in [6.07, 6.45) is 2.96. The molecule has 0 aliphatic rings. The van der Waals surface area contributed by atoms with Crippen molar-refractivity contribution in [2.75, 3.05) is 5.32 Å². The Balaban J connectivity index is 2.24. The van der Waals surface area contributed by atoms with Crippen LogP contribution in [0.4, 0.5) is 5.69 Å². The predicted octanol–water partition coefficient (Wildman–Crippen LogP) is 4.25. The van der Waals surface area contributed by atoms with Crippen LogP contribution in [-0.2, 0) is 0 Å². The first-order valence-electron chi connectivity index (χ1n) is 4.94. The third-order valence-electron chi connectivity index (χ3n) is 2.20. The molecule has 3 nitrogen and oxygen atoms in total. The summed E-state index contributed by atoms with van der Waals surface area (Å²) in [4.78, 5) is 15.8. The Bertz CT molecular complexity index is 604. The van der Waals surface area contributed by atoms with Crippen molar-refractivity contribution in [2.45, 2.75) is 0 Å². The van der Waals surface area contributed by atoms with Crippen LogP contribution >= 0.6 is 45.8 Å². The summed E-state index contributed by atoms with van der Waals surface area (Å²) in [5.74, 6) is -0.275. The summed E-state index contributed by atoms with van der Waals surface area (Å²) in [7, 11) is 0. The number of nitrogens with zero attached hydrogens (tertiary/aromatic N) is 1. The molecule has 0 atom stereocenters. The smallest absolute Gasteiger partial charge is 0.257 e. The van der Waals surface area contributed by atoms with Gasteiger partial charge in [-0.2, -0.15) is 0 Å². The van der Waals surface area contributed by atoms with Crippen molar-refractivity contribution in [1.29, 1.82) is 0 Å². The largest absolute Gasteiger partial charge is 0.321 e. The molecule has 0 bridgehead atoms. The van der Waals surface area contributed by atoms with E-state index in [9.17, 15) is 4.79 Å². The molecule has 0 aliphatic heterocycles. The molecular formula is C12H7Cl2IN2O. The molecule has 6 heteroatoms. The van der Waals surface area contributed by atoms with Crippen molar-refractivity contribution in [3.63, 3.8) is 0 Å². The Morgan fingerprint density at radius 1 is 1.28 bits per heavy atom. The van der Waals surface area contributed by atoms with Gasteiger partial charge in [0.25, 0.3) is 5.91 Å². The molecule has 0 unspecified atom stereocenters. The number of carbonyl (C=O) groups is 1. The Morgan fingerprint density at radius 2 is 2.06 bits per heavy atom. The number of aromatic nitrogens is 1. The monoisotopic (exact) mass is 392 g/mol. The maximum Gasteiger partial charge on any atom is 0.257 e. The lowest BCUT2D eigenvalue weighted by molar-refractivity contribution is 0.102. The van der Waals surface area contributed by atoms with E-state index in [4.69, 9.17) is 23.2 Å². The highest BCUT2D eigenvalue weighted by Crippen LogP contribution is 2.23. The van der Waals surface area contributed by atoms with Crippen molar-refractivity contribution in [2.24, 2.45) is 0 Å². The van der Waals surface area contributed by atoms with E-state index >= 15 is 0 Å². The van der Waals surface area contributed by atoms with Crippen LogP contribution in [0.5, 0.6) is 0 Å². The van der Waals surface area contributed by atoms with Crippen LogP contribution in [0, 0.1) is 3.57 Å². The SMILES string of the molecule is O=C(Nc1ccc(Cl)cc1I)c1ccncc1Cl. The zero-order chi connectivity index (χ0) is 13.1. The molecule has 0 saturated heterocycles. The van der Waals surface area contributed by atoms with Gasteiger partial charge in [0, 0.05) is 21.0 Å². The maximum atomic E-state index is 12.0. The molecule has 1 heterocycles. The van der Waals surface area contributed by atoms with E-state index in [1.807, 2.05) is 0 Å². The van der Waals surface area contributed by atoms with Gasteiger partial charge in [0.15, 0.2) is 0 Å². The fraction of sp³-hybridized carbons (Fsp3) is 0. The second-order valence-corrected chi connectivity index (χ2v) is 5.44. The second kappa shape index (κ2) is 5.86. The van der Waals surface area contributed by atoms with Crippen molar-refractivity contribution in [1.82, 2.24) is 4.98 Å². The van der Waals surface area contributed by atoms with Gasteiger partial charge in [-0.3, -0.25) is 9.78 Å². The number of hydrogen-bond acceptors (Lipinski definition) is 2. The minimum atomic E-state index is -0.275. The summed E-state index contributed by atoms with van der Waals surface area (Å²) < 4.78 is 0.860. The number of hydrogen-bond donors (Lipinski definition) is 1. The standard InChI is InChI=1S/C12H7Cl2IN2O/c13-7-1-2-11(10(15)5-7)17-12(18)8-3-4-16-6-9(8)14/h1-6H,(H,17,18). The number of amides is 1. The number of benzene rings is 1. The van der Waals surface area contributed by atoms with Crippen LogP contribution in [0.15, 0.2) is 36.7 Å². The number of anilines is 1. The lowest BCUT2D eigenvalue weighted by atomic mass is 10.2. The summed E-state index contributed by atoms with van der Waals surface area (Å²) >= 11 is 13.9. The lowest BCUT2D eigenvalue weighted by Gasteiger charge is -2.08. The van der Waals surface area contributed by atoms with E-state index in [-0.39, 0.29) is 5.91 Å². The lowest BCUT2D eigenvalue weighted by Crippen LogP contribution is -2.13. The zero-order valence-electron chi connectivity index (χ0n) is 8.95. The molecule has 0 radical (unpaired) electrons. The van der Waals surface area contributed by atoms with Crippen LogP contribution in [0.2, 0.25) is 10.0 Å². The molecule has 1 aromatic heterocycles. The first kappa shape index (κ1) is 13.6. The minimum Gasteiger partial charge on any atom is -0.321 e. The van der Waals surface area contributed by atoms with E-state index in [1.54, 1.807) is 24.3 Å². The van der Waals surface area contributed by atoms with Gasteiger partial charge in [0.1, 0.15) is 0 Å². The van der Waals surface area contributed by atoms with E-state index in [0.29, 0.717) is 21.3 Å². The fourth-order valence-electron chi connectivity index (χ4n) is 1.34. The average molecular weight is 393 g/mol. The zero-order valence-corrected chi connectivity index (χ0v) is 12.6. The number of rotatable bonds is 2. The first-order valence-corrected chi connectivity index (χ1v) is 6.77. The maximum absolute atomic E-state index is 12.0. The Labute approximate surface area is 128 Å². The van der Waals surface area contributed by atoms with Crippen molar-refractivity contribution in [3.05, 3.63) is 55.8 Å². The molecule has 1 amide bonds. The van der Waals surface area contributed by atoms with Crippen LogP contribution in [-0.4, -0.2) is 10.9 Å². The van der Waals surface area contributed by atoms with E-state index in [1.165, 1.54) is 12.4 Å². The van der Waals surface area contributed by atoms with Crippen molar-refractivity contribution in [3.8, 4) is 0 Å². The first-order chi connectivity index (χ1) is 8.58. The van der Waals surface area contributed by atoms with Gasteiger partial charge >= 0.3 is 0 Å². The third-order valence-corrected chi connectivity index (χ3v) is 3.63. The van der Waals surface area contributed by atoms with Gasteiger partial charge in [0.05, 0.1) is 16.3 Å². The Kier molecular flexibility index (Phi) is 4.42. The minimum absolute atomic E-state index is 0.275.